The van der Waals surface area contributed by atoms with Gasteiger partial charge in [-0.2, -0.15) is 0 Å². The maximum Gasteiger partial charge on any atom is 0.157 e. The van der Waals surface area contributed by atoms with E-state index in [1.807, 2.05) is 6.92 Å². The van der Waals surface area contributed by atoms with E-state index in [-0.39, 0.29) is 5.92 Å². The van der Waals surface area contributed by atoms with Gasteiger partial charge in [-0.3, -0.25) is 0 Å². The molecule has 0 saturated carbocycles. The third kappa shape index (κ3) is 4.73. The van der Waals surface area contributed by atoms with E-state index in [0.717, 1.165) is 12.8 Å². The SMILES string of the molecule is CCC(C)COC(O)C(C)CC. The Balaban J connectivity index is 3.49. The Kier molecular flexibility index (Phi) is 6.39. The highest BCUT2D eigenvalue weighted by molar-refractivity contribution is 4.54. The topological polar surface area (TPSA) is 29.5 Å². The van der Waals surface area contributed by atoms with Gasteiger partial charge in [-0.25, -0.2) is 0 Å². The van der Waals surface area contributed by atoms with Gasteiger partial charge in [0.05, 0.1) is 6.61 Å². The summed E-state index contributed by atoms with van der Waals surface area (Å²) in [5, 5.41) is 9.44. The van der Waals surface area contributed by atoms with Gasteiger partial charge in [-0.15, -0.1) is 0 Å². The molecule has 0 bridgehead atoms. The van der Waals surface area contributed by atoms with Crippen LogP contribution >= 0.6 is 0 Å². The van der Waals surface area contributed by atoms with Crippen LogP contribution in [0.3, 0.4) is 0 Å². The Morgan fingerprint density at radius 2 is 1.75 bits per heavy atom. The molecule has 0 aliphatic rings. The largest absolute Gasteiger partial charge is 0.368 e. The van der Waals surface area contributed by atoms with Gasteiger partial charge in [-0.1, -0.05) is 34.1 Å². The summed E-state index contributed by atoms with van der Waals surface area (Å²) in [5.74, 6) is 0.790. The second kappa shape index (κ2) is 6.44. The zero-order valence-corrected chi connectivity index (χ0v) is 8.71. The predicted octanol–water partition coefficient (Wildman–Crippen LogP) is 2.41. The molecule has 12 heavy (non-hydrogen) atoms. The van der Waals surface area contributed by atoms with Gasteiger partial charge in [0.25, 0.3) is 0 Å². The minimum absolute atomic E-state index is 0.244. The van der Waals surface area contributed by atoms with Crippen LogP contribution < -0.4 is 0 Å². The van der Waals surface area contributed by atoms with Crippen molar-refractivity contribution in [1.29, 1.82) is 0 Å². The first-order chi connectivity index (χ1) is 5.61. The highest BCUT2D eigenvalue weighted by atomic mass is 16.6. The molecule has 0 saturated heterocycles. The second-order valence-electron chi connectivity index (χ2n) is 3.62. The number of hydrogen-bond acceptors (Lipinski definition) is 2. The number of aliphatic hydroxyl groups is 1. The van der Waals surface area contributed by atoms with Gasteiger partial charge < -0.3 is 9.84 Å². The monoisotopic (exact) mass is 174 g/mol. The van der Waals surface area contributed by atoms with Gasteiger partial charge in [-0.05, 0) is 12.3 Å². The van der Waals surface area contributed by atoms with Gasteiger partial charge in [0.15, 0.2) is 6.29 Å². The predicted molar refractivity (Wildman–Crippen MR) is 50.9 cm³/mol. The Labute approximate surface area is 75.9 Å². The van der Waals surface area contributed by atoms with Crippen molar-refractivity contribution in [3.8, 4) is 0 Å². The smallest absolute Gasteiger partial charge is 0.157 e. The van der Waals surface area contributed by atoms with E-state index in [4.69, 9.17) is 4.74 Å². The third-order valence-corrected chi connectivity index (χ3v) is 2.38. The molecule has 0 aliphatic heterocycles. The molecule has 0 radical (unpaired) electrons. The maximum atomic E-state index is 9.44. The zero-order valence-electron chi connectivity index (χ0n) is 8.71. The molecule has 0 aromatic heterocycles. The van der Waals surface area contributed by atoms with Crippen LogP contribution in [-0.4, -0.2) is 18.0 Å². The molecule has 0 amide bonds. The highest BCUT2D eigenvalue weighted by Crippen LogP contribution is 2.10. The molecule has 0 aliphatic carbocycles. The van der Waals surface area contributed by atoms with Crippen LogP contribution in [0, 0.1) is 11.8 Å². The van der Waals surface area contributed by atoms with Crippen molar-refractivity contribution >= 4 is 0 Å². The van der Waals surface area contributed by atoms with Crippen molar-refractivity contribution in [3.63, 3.8) is 0 Å². The molecule has 0 fully saturated rings. The standard InChI is InChI=1S/C10H22O2/c1-5-8(3)7-12-10(11)9(4)6-2/h8-11H,5-7H2,1-4H3. The van der Waals surface area contributed by atoms with Crippen molar-refractivity contribution in [2.45, 2.75) is 46.8 Å². The fraction of sp³-hybridized carbons (Fsp3) is 1.00. The fourth-order valence-electron chi connectivity index (χ4n) is 0.747. The van der Waals surface area contributed by atoms with Crippen LogP contribution in [0.5, 0.6) is 0 Å². The Morgan fingerprint density at radius 1 is 1.17 bits per heavy atom. The molecule has 0 aromatic carbocycles. The van der Waals surface area contributed by atoms with E-state index >= 15 is 0 Å². The first-order valence-corrected chi connectivity index (χ1v) is 4.91. The van der Waals surface area contributed by atoms with Crippen molar-refractivity contribution in [1.82, 2.24) is 0 Å². The van der Waals surface area contributed by atoms with Gasteiger partial charge in [0, 0.05) is 5.92 Å². The molecule has 1 N–H and O–H groups in total. The number of rotatable bonds is 6. The lowest BCUT2D eigenvalue weighted by Gasteiger charge is -2.19. The summed E-state index contributed by atoms with van der Waals surface area (Å²) in [6, 6.07) is 0. The van der Waals surface area contributed by atoms with Gasteiger partial charge >= 0.3 is 0 Å². The molecule has 0 heterocycles. The zero-order chi connectivity index (χ0) is 9.56. The quantitative estimate of drug-likeness (QED) is 0.627. The lowest BCUT2D eigenvalue weighted by Crippen LogP contribution is -2.23. The fourth-order valence-corrected chi connectivity index (χ4v) is 0.747. The van der Waals surface area contributed by atoms with Crippen molar-refractivity contribution in [3.05, 3.63) is 0 Å². The van der Waals surface area contributed by atoms with Crippen LogP contribution in [-0.2, 0) is 4.74 Å². The summed E-state index contributed by atoms with van der Waals surface area (Å²) in [4.78, 5) is 0. The summed E-state index contributed by atoms with van der Waals surface area (Å²) in [6.45, 7) is 8.98. The molecule has 0 spiro atoms. The van der Waals surface area contributed by atoms with Crippen LogP contribution in [0.15, 0.2) is 0 Å². The summed E-state index contributed by atoms with van der Waals surface area (Å²) in [5.41, 5.74) is 0. The van der Waals surface area contributed by atoms with Crippen LogP contribution in [0.4, 0.5) is 0 Å². The third-order valence-electron chi connectivity index (χ3n) is 2.38. The summed E-state index contributed by atoms with van der Waals surface area (Å²) >= 11 is 0. The minimum atomic E-state index is -0.580. The van der Waals surface area contributed by atoms with Gasteiger partial charge in [0.2, 0.25) is 0 Å². The van der Waals surface area contributed by atoms with E-state index in [9.17, 15) is 5.11 Å². The van der Waals surface area contributed by atoms with E-state index in [1.54, 1.807) is 0 Å². The molecule has 0 rings (SSSR count). The van der Waals surface area contributed by atoms with Crippen LogP contribution in [0.2, 0.25) is 0 Å². The Bertz CT molecular complexity index is 104. The highest BCUT2D eigenvalue weighted by Gasteiger charge is 2.12. The minimum Gasteiger partial charge on any atom is -0.368 e. The number of aliphatic hydroxyl groups excluding tert-OH is 1. The van der Waals surface area contributed by atoms with E-state index in [0.29, 0.717) is 12.5 Å². The molecule has 3 atom stereocenters. The first kappa shape index (κ1) is 11.9. The van der Waals surface area contributed by atoms with Crippen molar-refractivity contribution in [2.75, 3.05) is 6.61 Å². The molecule has 2 heteroatoms. The molecule has 74 valence electrons. The molecule has 3 unspecified atom stereocenters. The van der Waals surface area contributed by atoms with Gasteiger partial charge in [0.1, 0.15) is 0 Å². The average Bonchev–Trinajstić information content (AvgIpc) is 2.11. The Hall–Kier alpha value is -0.0800. The second-order valence-corrected chi connectivity index (χ2v) is 3.62. The number of ether oxygens (including phenoxy) is 1. The lowest BCUT2D eigenvalue weighted by atomic mass is 10.1. The normalized spacial score (nSPS) is 18.8. The summed E-state index contributed by atoms with van der Waals surface area (Å²) in [6.07, 6.45) is 1.48. The average molecular weight is 174 g/mol. The number of hydrogen-bond donors (Lipinski definition) is 1. The van der Waals surface area contributed by atoms with Crippen molar-refractivity contribution in [2.24, 2.45) is 11.8 Å². The van der Waals surface area contributed by atoms with E-state index < -0.39 is 6.29 Å². The van der Waals surface area contributed by atoms with Crippen molar-refractivity contribution < 1.29 is 9.84 Å². The van der Waals surface area contributed by atoms with Crippen LogP contribution in [0.1, 0.15) is 40.5 Å². The van der Waals surface area contributed by atoms with Crippen LogP contribution in [0.25, 0.3) is 0 Å². The van der Waals surface area contributed by atoms with E-state index in [2.05, 4.69) is 20.8 Å². The first-order valence-electron chi connectivity index (χ1n) is 4.91. The molecule has 2 nitrogen and oxygen atoms in total. The maximum absolute atomic E-state index is 9.44. The summed E-state index contributed by atoms with van der Waals surface area (Å²) < 4.78 is 5.30. The van der Waals surface area contributed by atoms with E-state index in [1.165, 1.54) is 0 Å². The summed E-state index contributed by atoms with van der Waals surface area (Å²) in [7, 11) is 0. The lowest BCUT2D eigenvalue weighted by molar-refractivity contribution is -0.138. The molecule has 0 aromatic rings. The Morgan fingerprint density at radius 3 is 2.17 bits per heavy atom. The molecular weight excluding hydrogens is 152 g/mol. The molecular formula is C10H22O2.